The number of anilines is 1. The molecule has 0 radical (unpaired) electrons. The van der Waals surface area contributed by atoms with Crippen LogP contribution in [0.25, 0.3) is 0 Å². The normalized spacial score (nSPS) is 22.1. The van der Waals surface area contributed by atoms with Gasteiger partial charge >= 0.3 is 0 Å². The molecule has 1 aliphatic carbocycles. The van der Waals surface area contributed by atoms with Crippen LogP contribution in [0.1, 0.15) is 51.5 Å². The molecule has 2 rings (SSSR count). The van der Waals surface area contributed by atoms with Crippen molar-refractivity contribution in [2.75, 3.05) is 5.32 Å². The third kappa shape index (κ3) is 3.71. The highest BCUT2D eigenvalue weighted by Crippen LogP contribution is 2.35. The molecule has 0 aromatic heterocycles. The second kappa shape index (κ2) is 5.81. The Morgan fingerprint density at radius 3 is 2.75 bits per heavy atom. The van der Waals surface area contributed by atoms with Gasteiger partial charge in [-0.15, -0.1) is 0 Å². The number of hydrogen-bond acceptors (Lipinski definition) is 3. The van der Waals surface area contributed by atoms with Gasteiger partial charge in [-0.05, 0) is 49.7 Å². The lowest BCUT2D eigenvalue weighted by Crippen LogP contribution is -2.20. The molecule has 1 unspecified atom stereocenters. The highest BCUT2D eigenvalue weighted by atomic mass is 16.6. The van der Waals surface area contributed by atoms with Gasteiger partial charge in [-0.25, -0.2) is 0 Å². The Labute approximate surface area is 120 Å². The van der Waals surface area contributed by atoms with E-state index < -0.39 is 0 Å². The van der Waals surface area contributed by atoms with Crippen molar-refractivity contribution in [3.8, 4) is 0 Å². The van der Waals surface area contributed by atoms with Gasteiger partial charge in [0.05, 0.1) is 4.92 Å². The van der Waals surface area contributed by atoms with E-state index in [9.17, 15) is 10.1 Å². The Morgan fingerprint density at radius 1 is 1.30 bits per heavy atom. The summed E-state index contributed by atoms with van der Waals surface area (Å²) in [5.74, 6) is 0. The van der Waals surface area contributed by atoms with E-state index in [0.29, 0.717) is 17.1 Å². The molecule has 0 spiro atoms. The van der Waals surface area contributed by atoms with E-state index in [1.54, 1.807) is 12.1 Å². The first-order valence-electron chi connectivity index (χ1n) is 7.39. The fraction of sp³-hybridized carbons (Fsp3) is 0.625. The van der Waals surface area contributed by atoms with E-state index in [1.165, 1.54) is 19.3 Å². The van der Waals surface area contributed by atoms with Gasteiger partial charge in [0.2, 0.25) is 0 Å². The third-order valence-electron chi connectivity index (χ3n) is 4.28. The Bertz CT molecular complexity index is 497. The lowest BCUT2D eigenvalue weighted by Gasteiger charge is -2.22. The van der Waals surface area contributed by atoms with Crippen LogP contribution >= 0.6 is 0 Å². The zero-order valence-corrected chi connectivity index (χ0v) is 12.6. The summed E-state index contributed by atoms with van der Waals surface area (Å²) >= 11 is 0. The zero-order chi connectivity index (χ0) is 14.8. The monoisotopic (exact) mass is 276 g/mol. The van der Waals surface area contributed by atoms with Crippen molar-refractivity contribution in [2.45, 2.75) is 58.9 Å². The quantitative estimate of drug-likeness (QED) is 0.495. The standard InChI is InChI=1S/C16H24N2O2/c1-12-6-7-15(18(19)20)14(11-12)17-13-5-4-9-16(2,3)10-8-13/h6-7,11,13,17H,4-5,8-10H2,1-3H3. The molecule has 0 bridgehead atoms. The Hall–Kier alpha value is -1.58. The molecule has 1 saturated carbocycles. The summed E-state index contributed by atoms with van der Waals surface area (Å²) in [6.07, 6.45) is 5.77. The number of nitro benzene ring substituents is 1. The molecule has 20 heavy (non-hydrogen) atoms. The molecule has 0 heterocycles. The van der Waals surface area contributed by atoms with Gasteiger partial charge in [0.15, 0.2) is 0 Å². The molecule has 0 aliphatic heterocycles. The third-order valence-corrected chi connectivity index (χ3v) is 4.28. The Kier molecular flexibility index (Phi) is 4.31. The first-order valence-corrected chi connectivity index (χ1v) is 7.39. The topological polar surface area (TPSA) is 55.2 Å². The average Bonchev–Trinajstić information content (AvgIpc) is 2.51. The van der Waals surface area contributed by atoms with Crippen LogP contribution in [0.4, 0.5) is 11.4 Å². The second-order valence-corrected chi connectivity index (χ2v) is 6.71. The van der Waals surface area contributed by atoms with Crippen LogP contribution in [0.15, 0.2) is 18.2 Å². The summed E-state index contributed by atoms with van der Waals surface area (Å²) in [7, 11) is 0. The first-order chi connectivity index (χ1) is 9.37. The summed E-state index contributed by atoms with van der Waals surface area (Å²) in [6, 6.07) is 5.61. The highest BCUT2D eigenvalue weighted by Gasteiger charge is 2.25. The van der Waals surface area contributed by atoms with Crippen LogP contribution < -0.4 is 5.32 Å². The Morgan fingerprint density at radius 2 is 2.05 bits per heavy atom. The number of rotatable bonds is 3. The van der Waals surface area contributed by atoms with Gasteiger partial charge in [0, 0.05) is 12.1 Å². The number of nitrogens with one attached hydrogen (secondary N) is 1. The van der Waals surface area contributed by atoms with Crippen molar-refractivity contribution < 1.29 is 4.92 Å². The van der Waals surface area contributed by atoms with Crippen molar-refractivity contribution in [3.05, 3.63) is 33.9 Å². The van der Waals surface area contributed by atoms with Crippen molar-refractivity contribution in [3.63, 3.8) is 0 Å². The number of benzene rings is 1. The largest absolute Gasteiger partial charge is 0.377 e. The summed E-state index contributed by atoms with van der Waals surface area (Å²) in [6.45, 7) is 6.58. The maximum Gasteiger partial charge on any atom is 0.292 e. The van der Waals surface area contributed by atoms with Crippen molar-refractivity contribution in [1.82, 2.24) is 0 Å². The van der Waals surface area contributed by atoms with E-state index in [1.807, 2.05) is 13.0 Å². The number of nitro groups is 1. The van der Waals surface area contributed by atoms with Crippen LogP contribution in [0.3, 0.4) is 0 Å². The minimum atomic E-state index is -0.303. The number of aryl methyl sites for hydroxylation is 1. The SMILES string of the molecule is Cc1ccc([N+](=O)[O-])c(NC2CCCC(C)(C)CC2)c1. The van der Waals surface area contributed by atoms with E-state index in [-0.39, 0.29) is 10.6 Å². The van der Waals surface area contributed by atoms with Crippen molar-refractivity contribution >= 4 is 11.4 Å². The number of nitrogens with zero attached hydrogens (tertiary/aromatic N) is 1. The summed E-state index contributed by atoms with van der Waals surface area (Å²) in [5.41, 5.74) is 2.29. The van der Waals surface area contributed by atoms with Gasteiger partial charge in [0.25, 0.3) is 5.69 Å². The molecule has 4 heteroatoms. The van der Waals surface area contributed by atoms with Crippen LogP contribution in [0.5, 0.6) is 0 Å². The molecular formula is C16H24N2O2. The molecule has 0 saturated heterocycles. The minimum Gasteiger partial charge on any atom is -0.377 e. The molecule has 1 fully saturated rings. The smallest absolute Gasteiger partial charge is 0.292 e. The van der Waals surface area contributed by atoms with Crippen molar-refractivity contribution in [2.24, 2.45) is 5.41 Å². The molecule has 4 nitrogen and oxygen atoms in total. The van der Waals surface area contributed by atoms with Gasteiger partial charge < -0.3 is 5.32 Å². The van der Waals surface area contributed by atoms with Crippen LogP contribution in [0.2, 0.25) is 0 Å². The predicted octanol–water partition coefficient (Wildman–Crippen LogP) is 4.67. The summed E-state index contributed by atoms with van der Waals surface area (Å²) in [5, 5.41) is 14.5. The minimum absolute atomic E-state index is 0.180. The highest BCUT2D eigenvalue weighted by molar-refractivity contribution is 5.63. The molecular weight excluding hydrogens is 252 g/mol. The van der Waals surface area contributed by atoms with E-state index in [4.69, 9.17) is 0 Å². The van der Waals surface area contributed by atoms with E-state index in [2.05, 4.69) is 19.2 Å². The molecule has 1 aliphatic rings. The fourth-order valence-corrected chi connectivity index (χ4v) is 2.95. The van der Waals surface area contributed by atoms with Crippen LogP contribution in [-0.4, -0.2) is 11.0 Å². The maximum atomic E-state index is 11.1. The molecule has 1 aromatic carbocycles. The van der Waals surface area contributed by atoms with Gasteiger partial charge in [-0.1, -0.05) is 26.3 Å². The van der Waals surface area contributed by atoms with Crippen LogP contribution in [-0.2, 0) is 0 Å². The molecule has 1 aromatic rings. The maximum absolute atomic E-state index is 11.1. The van der Waals surface area contributed by atoms with Gasteiger partial charge in [0.1, 0.15) is 5.69 Å². The van der Waals surface area contributed by atoms with Gasteiger partial charge in [-0.2, -0.15) is 0 Å². The number of hydrogen-bond donors (Lipinski definition) is 1. The molecule has 1 atom stereocenters. The molecule has 110 valence electrons. The second-order valence-electron chi connectivity index (χ2n) is 6.71. The summed E-state index contributed by atoms with van der Waals surface area (Å²) < 4.78 is 0. The lowest BCUT2D eigenvalue weighted by atomic mass is 9.85. The van der Waals surface area contributed by atoms with Gasteiger partial charge in [-0.3, -0.25) is 10.1 Å². The Balaban J connectivity index is 2.13. The van der Waals surface area contributed by atoms with E-state index >= 15 is 0 Å². The predicted molar refractivity (Wildman–Crippen MR) is 82.1 cm³/mol. The molecule has 0 amide bonds. The van der Waals surface area contributed by atoms with E-state index in [0.717, 1.165) is 18.4 Å². The van der Waals surface area contributed by atoms with Crippen molar-refractivity contribution in [1.29, 1.82) is 0 Å². The fourth-order valence-electron chi connectivity index (χ4n) is 2.95. The van der Waals surface area contributed by atoms with Crippen LogP contribution in [0, 0.1) is 22.5 Å². The average molecular weight is 276 g/mol. The summed E-state index contributed by atoms with van der Waals surface area (Å²) in [4.78, 5) is 10.8. The zero-order valence-electron chi connectivity index (χ0n) is 12.6. The lowest BCUT2D eigenvalue weighted by molar-refractivity contribution is -0.384. The first kappa shape index (κ1) is 14.8. The molecule has 1 N–H and O–H groups in total.